The second kappa shape index (κ2) is 6.24. The average Bonchev–Trinajstić information content (AvgIpc) is 2.49. The first-order chi connectivity index (χ1) is 9.96. The summed E-state index contributed by atoms with van der Waals surface area (Å²) in [6.45, 7) is 5.63. The maximum atomic E-state index is 12.7. The highest BCUT2D eigenvalue weighted by Gasteiger charge is 2.31. The monoisotopic (exact) mass is 301 g/mol. The Kier molecular flexibility index (Phi) is 4.60. The molecular formula is C17H19NO2S. The van der Waals surface area contributed by atoms with Crippen LogP contribution in [0.2, 0.25) is 0 Å². The van der Waals surface area contributed by atoms with E-state index in [4.69, 9.17) is 5.73 Å². The molecule has 0 fully saturated rings. The highest BCUT2D eigenvalue weighted by atomic mass is 32.2. The van der Waals surface area contributed by atoms with Gasteiger partial charge in [0, 0.05) is 0 Å². The SMILES string of the molecule is C=C[C@@H]([C@H](N)c1ccc(C)cc1)S(=O)(=O)c1ccccc1. The van der Waals surface area contributed by atoms with Crippen LogP contribution in [0.1, 0.15) is 17.2 Å². The van der Waals surface area contributed by atoms with E-state index in [9.17, 15) is 8.42 Å². The molecule has 2 aromatic rings. The Morgan fingerprint density at radius 2 is 1.62 bits per heavy atom. The van der Waals surface area contributed by atoms with E-state index in [0.29, 0.717) is 0 Å². The molecule has 0 bridgehead atoms. The molecule has 2 atom stereocenters. The molecule has 0 amide bonds. The third-order valence-electron chi connectivity index (χ3n) is 3.48. The van der Waals surface area contributed by atoms with Crippen molar-refractivity contribution < 1.29 is 8.42 Å². The third kappa shape index (κ3) is 3.23. The minimum absolute atomic E-state index is 0.262. The van der Waals surface area contributed by atoms with Crippen molar-refractivity contribution in [3.63, 3.8) is 0 Å². The van der Waals surface area contributed by atoms with Gasteiger partial charge in [-0.05, 0) is 24.6 Å². The maximum Gasteiger partial charge on any atom is 0.186 e. The molecule has 110 valence electrons. The summed E-state index contributed by atoms with van der Waals surface area (Å²) in [5.74, 6) is 0. The summed E-state index contributed by atoms with van der Waals surface area (Å²) in [5, 5.41) is -0.859. The van der Waals surface area contributed by atoms with Crippen molar-refractivity contribution in [3.05, 3.63) is 78.4 Å². The Hall–Kier alpha value is -1.91. The second-order valence-electron chi connectivity index (χ2n) is 4.99. The van der Waals surface area contributed by atoms with Gasteiger partial charge in [0.2, 0.25) is 0 Å². The van der Waals surface area contributed by atoms with Gasteiger partial charge in [-0.2, -0.15) is 0 Å². The van der Waals surface area contributed by atoms with Gasteiger partial charge in [0.25, 0.3) is 0 Å². The summed E-state index contributed by atoms with van der Waals surface area (Å²) >= 11 is 0. The van der Waals surface area contributed by atoms with E-state index in [0.717, 1.165) is 11.1 Å². The van der Waals surface area contributed by atoms with E-state index in [1.165, 1.54) is 6.08 Å². The van der Waals surface area contributed by atoms with Crippen molar-refractivity contribution in [1.29, 1.82) is 0 Å². The number of benzene rings is 2. The van der Waals surface area contributed by atoms with Gasteiger partial charge in [0.05, 0.1) is 10.9 Å². The fourth-order valence-corrected chi connectivity index (χ4v) is 3.86. The molecule has 0 aliphatic heterocycles. The van der Waals surface area contributed by atoms with Crippen molar-refractivity contribution in [3.8, 4) is 0 Å². The van der Waals surface area contributed by atoms with Crippen LogP contribution in [0.4, 0.5) is 0 Å². The zero-order valence-electron chi connectivity index (χ0n) is 11.9. The van der Waals surface area contributed by atoms with Crippen LogP contribution < -0.4 is 5.73 Å². The molecule has 2 N–H and O–H groups in total. The smallest absolute Gasteiger partial charge is 0.186 e. The van der Waals surface area contributed by atoms with Crippen LogP contribution in [0.3, 0.4) is 0 Å². The fourth-order valence-electron chi connectivity index (χ4n) is 2.21. The summed E-state index contributed by atoms with van der Waals surface area (Å²) in [6.07, 6.45) is 1.41. The number of aryl methyl sites for hydroxylation is 1. The maximum absolute atomic E-state index is 12.7. The van der Waals surface area contributed by atoms with Gasteiger partial charge in [-0.3, -0.25) is 0 Å². The zero-order valence-corrected chi connectivity index (χ0v) is 12.8. The molecular weight excluding hydrogens is 282 g/mol. The van der Waals surface area contributed by atoms with Gasteiger partial charge in [-0.15, -0.1) is 6.58 Å². The molecule has 3 nitrogen and oxygen atoms in total. The minimum atomic E-state index is -3.55. The number of sulfone groups is 1. The minimum Gasteiger partial charge on any atom is -0.323 e. The first-order valence-corrected chi connectivity index (χ1v) is 8.25. The van der Waals surface area contributed by atoms with Gasteiger partial charge < -0.3 is 5.73 Å². The van der Waals surface area contributed by atoms with Crippen LogP contribution >= 0.6 is 0 Å². The van der Waals surface area contributed by atoms with Gasteiger partial charge >= 0.3 is 0 Å². The van der Waals surface area contributed by atoms with Crippen molar-refractivity contribution in [1.82, 2.24) is 0 Å². The van der Waals surface area contributed by atoms with Gasteiger partial charge in [-0.25, -0.2) is 8.42 Å². The summed E-state index contributed by atoms with van der Waals surface area (Å²) in [5.41, 5.74) is 8.06. The Labute approximate surface area is 126 Å². The first kappa shape index (κ1) is 15.5. The molecule has 21 heavy (non-hydrogen) atoms. The topological polar surface area (TPSA) is 60.2 Å². The van der Waals surface area contributed by atoms with Gasteiger partial charge in [0.1, 0.15) is 5.25 Å². The van der Waals surface area contributed by atoms with Crippen LogP contribution in [-0.4, -0.2) is 13.7 Å². The molecule has 0 aromatic heterocycles. The average molecular weight is 301 g/mol. The highest BCUT2D eigenvalue weighted by molar-refractivity contribution is 7.92. The lowest BCUT2D eigenvalue weighted by atomic mass is 10.0. The van der Waals surface area contributed by atoms with E-state index >= 15 is 0 Å². The predicted molar refractivity (Wildman–Crippen MR) is 85.7 cm³/mol. The predicted octanol–water partition coefficient (Wildman–Crippen LogP) is 3.02. The van der Waals surface area contributed by atoms with Crippen LogP contribution in [0, 0.1) is 6.92 Å². The van der Waals surface area contributed by atoms with E-state index in [-0.39, 0.29) is 4.90 Å². The van der Waals surface area contributed by atoms with Gasteiger partial charge in [0.15, 0.2) is 9.84 Å². The lowest BCUT2D eigenvalue weighted by Crippen LogP contribution is -2.32. The molecule has 0 aliphatic rings. The molecule has 2 aromatic carbocycles. The normalized spacial score (nSPS) is 14.4. The molecule has 0 radical (unpaired) electrons. The molecule has 0 unspecified atom stereocenters. The molecule has 0 spiro atoms. The molecule has 0 saturated heterocycles. The number of hydrogen-bond acceptors (Lipinski definition) is 3. The molecule has 0 aliphatic carbocycles. The molecule has 2 rings (SSSR count). The Morgan fingerprint density at radius 1 is 1.05 bits per heavy atom. The number of nitrogens with two attached hydrogens (primary N) is 1. The Bertz CT molecular complexity index is 706. The largest absolute Gasteiger partial charge is 0.323 e. The third-order valence-corrected chi connectivity index (χ3v) is 5.61. The van der Waals surface area contributed by atoms with Gasteiger partial charge in [-0.1, -0.05) is 54.1 Å². The zero-order chi connectivity index (χ0) is 15.5. The Balaban J connectivity index is 2.39. The van der Waals surface area contributed by atoms with Crippen molar-refractivity contribution in [2.24, 2.45) is 5.73 Å². The number of hydrogen-bond donors (Lipinski definition) is 1. The van der Waals surface area contributed by atoms with Crippen LogP contribution in [-0.2, 0) is 9.84 Å². The summed E-state index contributed by atoms with van der Waals surface area (Å²) in [6, 6.07) is 15.2. The molecule has 0 heterocycles. The first-order valence-electron chi connectivity index (χ1n) is 6.70. The molecule has 0 saturated carbocycles. The summed E-state index contributed by atoms with van der Waals surface area (Å²) in [7, 11) is -3.55. The van der Waals surface area contributed by atoms with Crippen LogP contribution in [0.15, 0.2) is 72.1 Å². The van der Waals surface area contributed by atoms with Crippen molar-refractivity contribution in [2.75, 3.05) is 0 Å². The number of rotatable bonds is 5. The van der Waals surface area contributed by atoms with Crippen molar-refractivity contribution in [2.45, 2.75) is 23.1 Å². The van der Waals surface area contributed by atoms with E-state index in [2.05, 4.69) is 6.58 Å². The van der Waals surface area contributed by atoms with Crippen LogP contribution in [0.5, 0.6) is 0 Å². The van der Waals surface area contributed by atoms with E-state index in [1.54, 1.807) is 30.3 Å². The quantitative estimate of drug-likeness (QED) is 0.864. The highest BCUT2D eigenvalue weighted by Crippen LogP contribution is 2.26. The van der Waals surface area contributed by atoms with E-state index < -0.39 is 21.1 Å². The van der Waals surface area contributed by atoms with E-state index in [1.807, 2.05) is 31.2 Å². The Morgan fingerprint density at radius 3 is 2.14 bits per heavy atom. The van der Waals surface area contributed by atoms with Crippen LogP contribution in [0.25, 0.3) is 0 Å². The lowest BCUT2D eigenvalue weighted by molar-refractivity contribution is 0.575. The van der Waals surface area contributed by atoms with Crippen molar-refractivity contribution >= 4 is 9.84 Å². The fraction of sp³-hybridized carbons (Fsp3) is 0.176. The lowest BCUT2D eigenvalue weighted by Gasteiger charge is -2.21. The second-order valence-corrected chi connectivity index (χ2v) is 7.10. The summed E-state index contributed by atoms with van der Waals surface area (Å²) < 4.78 is 25.4. The standard InChI is InChI=1S/C17H19NO2S/c1-3-16(17(18)14-11-9-13(2)10-12-14)21(19,20)15-7-5-4-6-8-15/h3-12,16-17H,1,18H2,2H3/t16-,17+/m0/s1. The molecule has 4 heteroatoms. The summed E-state index contributed by atoms with van der Waals surface area (Å²) in [4.78, 5) is 0.262.